The van der Waals surface area contributed by atoms with Crippen LogP contribution >= 0.6 is 0 Å². The Morgan fingerprint density at radius 3 is 2.71 bits per heavy atom. The maximum Gasteiger partial charge on any atom is 0.128 e. The lowest BCUT2D eigenvalue weighted by atomic mass is 10.1. The highest BCUT2D eigenvalue weighted by Gasteiger charge is 2.23. The van der Waals surface area contributed by atoms with E-state index in [1.54, 1.807) is 0 Å². The molecule has 1 aromatic rings. The van der Waals surface area contributed by atoms with Gasteiger partial charge in [-0.15, -0.1) is 0 Å². The third-order valence-electron chi connectivity index (χ3n) is 4.42. The van der Waals surface area contributed by atoms with Crippen LogP contribution in [0.2, 0.25) is 0 Å². The van der Waals surface area contributed by atoms with Crippen LogP contribution in [0.25, 0.3) is 0 Å². The summed E-state index contributed by atoms with van der Waals surface area (Å²) >= 11 is 0. The third kappa shape index (κ3) is 4.17. The van der Waals surface area contributed by atoms with Gasteiger partial charge in [0.1, 0.15) is 5.82 Å². The number of hydrogen-bond donors (Lipinski definition) is 1. The van der Waals surface area contributed by atoms with Crippen molar-refractivity contribution in [3.8, 4) is 0 Å². The average Bonchev–Trinajstić information content (AvgIpc) is 2.49. The van der Waals surface area contributed by atoms with E-state index in [9.17, 15) is 0 Å². The Bertz CT molecular complexity index is 446. The van der Waals surface area contributed by atoms with Crippen LogP contribution in [0.15, 0.2) is 12.1 Å². The lowest BCUT2D eigenvalue weighted by Gasteiger charge is -2.40. The summed E-state index contributed by atoms with van der Waals surface area (Å²) in [5.74, 6) is 1.13. The Morgan fingerprint density at radius 2 is 2.10 bits per heavy atom. The van der Waals surface area contributed by atoms with Gasteiger partial charge in [0.2, 0.25) is 0 Å². The fraction of sp³-hybridized carbons (Fsp3) is 0.706. The topological polar surface area (TPSA) is 31.4 Å². The molecule has 1 aliphatic heterocycles. The minimum Gasteiger partial charge on any atom is -0.354 e. The molecule has 0 aromatic carbocycles. The molecule has 1 atom stereocenters. The van der Waals surface area contributed by atoms with Crippen molar-refractivity contribution in [3.63, 3.8) is 0 Å². The van der Waals surface area contributed by atoms with E-state index in [2.05, 4.69) is 54.9 Å². The van der Waals surface area contributed by atoms with Gasteiger partial charge in [-0.1, -0.05) is 19.9 Å². The van der Waals surface area contributed by atoms with E-state index in [1.165, 1.54) is 12.0 Å². The van der Waals surface area contributed by atoms with Crippen molar-refractivity contribution in [2.24, 2.45) is 0 Å². The molecule has 21 heavy (non-hydrogen) atoms. The van der Waals surface area contributed by atoms with Gasteiger partial charge >= 0.3 is 0 Å². The largest absolute Gasteiger partial charge is 0.354 e. The molecule has 1 aliphatic rings. The predicted octanol–water partition coefficient (Wildman–Crippen LogP) is 2.42. The number of rotatable bonds is 6. The number of aryl methyl sites for hydroxylation is 1. The van der Waals surface area contributed by atoms with Gasteiger partial charge in [0.25, 0.3) is 0 Å². The van der Waals surface area contributed by atoms with Crippen LogP contribution in [0.1, 0.15) is 38.4 Å². The molecule has 2 heterocycles. The zero-order valence-corrected chi connectivity index (χ0v) is 14.0. The second-order valence-corrected chi connectivity index (χ2v) is 6.01. The van der Waals surface area contributed by atoms with E-state index in [0.29, 0.717) is 6.04 Å². The molecule has 0 aliphatic carbocycles. The highest BCUT2D eigenvalue weighted by molar-refractivity contribution is 5.42. The van der Waals surface area contributed by atoms with Crippen molar-refractivity contribution >= 4 is 5.82 Å². The molecule has 1 saturated heterocycles. The second kappa shape index (κ2) is 7.76. The molecule has 0 amide bonds. The van der Waals surface area contributed by atoms with Crippen LogP contribution < -0.4 is 10.2 Å². The number of likely N-dealkylation sites (N-methyl/N-ethyl adjacent to an activating group) is 1. The number of aromatic nitrogens is 1. The quantitative estimate of drug-likeness (QED) is 0.815. The number of nitrogens with one attached hydrogen (secondary N) is 1. The molecule has 1 aromatic heterocycles. The van der Waals surface area contributed by atoms with Gasteiger partial charge < -0.3 is 10.2 Å². The molecule has 0 bridgehead atoms. The standard InChI is InChI=1S/C17H30N4/c1-5-9-18-12-16-7-8-17(19-15(16)4)21-11-10-20(6-2)14(3)13-21/h7-8,14,18H,5-6,9-13H2,1-4H3. The molecule has 4 nitrogen and oxygen atoms in total. The van der Waals surface area contributed by atoms with Crippen LogP contribution in [0.5, 0.6) is 0 Å². The lowest BCUT2D eigenvalue weighted by Crippen LogP contribution is -2.52. The molecule has 0 radical (unpaired) electrons. The van der Waals surface area contributed by atoms with Crippen LogP contribution in [0, 0.1) is 6.92 Å². The number of nitrogens with zero attached hydrogens (tertiary/aromatic N) is 3. The van der Waals surface area contributed by atoms with Gasteiger partial charge in [-0.2, -0.15) is 0 Å². The summed E-state index contributed by atoms with van der Waals surface area (Å²) in [6.45, 7) is 15.3. The Morgan fingerprint density at radius 1 is 1.29 bits per heavy atom. The molecule has 0 saturated carbocycles. The van der Waals surface area contributed by atoms with Gasteiger partial charge in [0.15, 0.2) is 0 Å². The average molecular weight is 290 g/mol. The summed E-state index contributed by atoms with van der Waals surface area (Å²) < 4.78 is 0. The first-order valence-corrected chi connectivity index (χ1v) is 8.32. The fourth-order valence-electron chi connectivity index (χ4n) is 3.01. The van der Waals surface area contributed by atoms with Gasteiger partial charge in [0.05, 0.1) is 0 Å². The third-order valence-corrected chi connectivity index (χ3v) is 4.42. The van der Waals surface area contributed by atoms with Crippen molar-refractivity contribution < 1.29 is 0 Å². The lowest BCUT2D eigenvalue weighted by molar-refractivity contribution is 0.199. The summed E-state index contributed by atoms with van der Waals surface area (Å²) in [4.78, 5) is 9.79. The van der Waals surface area contributed by atoms with Gasteiger partial charge in [-0.25, -0.2) is 4.98 Å². The highest BCUT2D eigenvalue weighted by atomic mass is 15.3. The number of anilines is 1. The normalized spacial score (nSPS) is 20.0. The molecule has 1 unspecified atom stereocenters. The van der Waals surface area contributed by atoms with Gasteiger partial charge in [-0.3, -0.25) is 4.90 Å². The van der Waals surface area contributed by atoms with Crippen LogP contribution in [0.4, 0.5) is 5.82 Å². The Hall–Kier alpha value is -1.13. The number of pyridine rings is 1. The fourth-order valence-corrected chi connectivity index (χ4v) is 3.01. The molecular formula is C17H30N4. The molecular weight excluding hydrogens is 260 g/mol. The monoisotopic (exact) mass is 290 g/mol. The maximum absolute atomic E-state index is 4.83. The highest BCUT2D eigenvalue weighted by Crippen LogP contribution is 2.19. The molecule has 1 N–H and O–H groups in total. The summed E-state index contributed by atoms with van der Waals surface area (Å²) in [6, 6.07) is 5.03. The van der Waals surface area contributed by atoms with Crippen LogP contribution in [-0.2, 0) is 6.54 Å². The van der Waals surface area contributed by atoms with E-state index in [0.717, 1.165) is 50.8 Å². The van der Waals surface area contributed by atoms with Crippen molar-refractivity contribution in [3.05, 3.63) is 23.4 Å². The Kier molecular flexibility index (Phi) is 6.00. The predicted molar refractivity (Wildman–Crippen MR) is 89.9 cm³/mol. The van der Waals surface area contributed by atoms with E-state index in [4.69, 9.17) is 4.98 Å². The first-order valence-electron chi connectivity index (χ1n) is 8.32. The maximum atomic E-state index is 4.83. The van der Waals surface area contributed by atoms with Crippen molar-refractivity contribution in [2.45, 2.75) is 46.7 Å². The molecule has 0 spiro atoms. The summed E-state index contributed by atoms with van der Waals surface area (Å²) in [5, 5.41) is 3.45. The summed E-state index contributed by atoms with van der Waals surface area (Å²) in [7, 11) is 0. The van der Waals surface area contributed by atoms with Crippen molar-refractivity contribution in [1.82, 2.24) is 15.2 Å². The van der Waals surface area contributed by atoms with E-state index in [1.807, 2.05) is 0 Å². The first-order chi connectivity index (χ1) is 10.2. The van der Waals surface area contributed by atoms with Gasteiger partial charge in [0, 0.05) is 37.9 Å². The minimum atomic E-state index is 0.608. The van der Waals surface area contributed by atoms with Crippen molar-refractivity contribution in [1.29, 1.82) is 0 Å². The zero-order valence-electron chi connectivity index (χ0n) is 14.0. The smallest absolute Gasteiger partial charge is 0.128 e. The van der Waals surface area contributed by atoms with Crippen LogP contribution in [0.3, 0.4) is 0 Å². The molecule has 1 fully saturated rings. The Balaban J connectivity index is 2.00. The molecule has 2 rings (SSSR count). The summed E-state index contributed by atoms with van der Waals surface area (Å²) in [5.41, 5.74) is 2.47. The zero-order chi connectivity index (χ0) is 15.2. The number of hydrogen-bond acceptors (Lipinski definition) is 4. The van der Waals surface area contributed by atoms with E-state index >= 15 is 0 Å². The van der Waals surface area contributed by atoms with E-state index in [-0.39, 0.29) is 0 Å². The minimum absolute atomic E-state index is 0.608. The van der Waals surface area contributed by atoms with Gasteiger partial charge in [-0.05, 0) is 45.0 Å². The molecule has 118 valence electrons. The Labute approximate surface area is 129 Å². The van der Waals surface area contributed by atoms with Crippen LogP contribution in [-0.4, -0.2) is 48.6 Å². The van der Waals surface area contributed by atoms with Crippen molar-refractivity contribution in [2.75, 3.05) is 37.6 Å². The summed E-state index contributed by atoms with van der Waals surface area (Å²) in [6.07, 6.45) is 1.17. The van der Waals surface area contributed by atoms with E-state index < -0.39 is 0 Å². The second-order valence-electron chi connectivity index (χ2n) is 6.01. The SMILES string of the molecule is CCCNCc1ccc(N2CCN(CC)C(C)C2)nc1C. The number of piperazine rings is 1. The molecule has 4 heteroatoms. The first kappa shape index (κ1) is 16.2.